The molecule has 0 aliphatic carbocycles. The minimum Gasteiger partial charge on any atom is -0.462 e. The van der Waals surface area contributed by atoms with Crippen molar-refractivity contribution in [3.8, 4) is 0 Å². The molecule has 0 spiro atoms. The van der Waals surface area contributed by atoms with Crippen LogP contribution in [0.2, 0.25) is 0 Å². The summed E-state index contributed by atoms with van der Waals surface area (Å²) in [4.78, 5) is 25.1. The van der Waals surface area contributed by atoms with E-state index in [1.54, 1.807) is 0 Å². The summed E-state index contributed by atoms with van der Waals surface area (Å²) >= 11 is 0. The molecule has 4 N–H and O–H groups in total. The van der Waals surface area contributed by atoms with Crippen molar-refractivity contribution in [3.63, 3.8) is 0 Å². The maximum absolute atomic E-state index is 12.6. The monoisotopic (exact) mass is 710 g/mol. The average molecular weight is 711 g/mol. The summed E-state index contributed by atoms with van der Waals surface area (Å²) in [6.45, 7) is 3.67. The van der Waals surface area contributed by atoms with Crippen molar-refractivity contribution in [2.75, 3.05) is 19.0 Å². The lowest BCUT2D eigenvalue weighted by atomic mass is 10.00. The van der Waals surface area contributed by atoms with E-state index in [4.69, 9.17) is 23.5 Å². The molecule has 48 heavy (non-hydrogen) atoms. The van der Waals surface area contributed by atoms with Crippen molar-refractivity contribution in [1.82, 2.24) is 0 Å². The fourth-order valence-electron chi connectivity index (χ4n) is 5.73. The van der Waals surface area contributed by atoms with Crippen molar-refractivity contribution < 1.29 is 56.8 Å². The molecule has 1 heterocycles. The second kappa shape index (κ2) is 27.4. The van der Waals surface area contributed by atoms with E-state index >= 15 is 0 Å². The van der Waals surface area contributed by atoms with Crippen molar-refractivity contribution >= 4 is 22.1 Å². The van der Waals surface area contributed by atoms with Gasteiger partial charge in [0.15, 0.2) is 12.4 Å². The van der Waals surface area contributed by atoms with Crippen LogP contribution in [-0.2, 0) is 38.7 Å². The summed E-state index contributed by atoms with van der Waals surface area (Å²) in [7, 11) is -4.59. The molecule has 0 aromatic carbocycles. The zero-order valence-corrected chi connectivity index (χ0v) is 30.4. The molecule has 13 heteroatoms. The van der Waals surface area contributed by atoms with Gasteiger partial charge < -0.3 is 34.3 Å². The van der Waals surface area contributed by atoms with Gasteiger partial charge in [-0.25, -0.2) is 0 Å². The van der Waals surface area contributed by atoms with Crippen LogP contribution in [0.3, 0.4) is 0 Å². The van der Waals surface area contributed by atoms with Crippen LogP contribution in [0.4, 0.5) is 0 Å². The van der Waals surface area contributed by atoms with E-state index in [0.717, 1.165) is 51.4 Å². The number of aliphatic hydroxyl groups excluding tert-OH is 3. The third kappa shape index (κ3) is 22.4. The lowest BCUT2D eigenvalue weighted by molar-refractivity contribution is -0.297. The van der Waals surface area contributed by atoms with Gasteiger partial charge in [-0.2, -0.15) is 8.42 Å². The predicted octanol–water partition coefficient (Wildman–Crippen LogP) is 5.78. The molecule has 1 aliphatic heterocycles. The number of hydrogen-bond donors (Lipinski definition) is 4. The van der Waals surface area contributed by atoms with Crippen molar-refractivity contribution in [2.45, 2.75) is 192 Å². The summed E-state index contributed by atoms with van der Waals surface area (Å²) in [5, 5.41) is 30.6. The third-order valence-corrected chi connectivity index (χ3v) is 9.44. The summed E-state index contributed by atoms with van der Waals surface area (Å²) in [6, 6.07) is 0. The summed E-state index contributed by atoms with van der Waals surface area (Å²) in [5.41, 5.74) is 0. The molecule has 284 valence electrons. The Bertz CT molecular complexity index is 931. The number of carbonyl (C=O) groups is 2. The highest BCUT2D eigenvalue weighted by molar-refractivity contribution is 7.85. The summed E-state index contributed by atoms with van der Waals surface area (Å²) in [6.07, 6.45) is 13.4. The summed E-state index contributed by atoms with van der Waals surface area (Å²) in [5.74, 6) is -1.98. The van der Waals surface area contributed by atoms with Crippen molar-refractivity contribution in [3.05, 3.63) is 0 Å². The Labute approximate surface area is 289 Å². The Morgan fingerprint density at radius 3 is 1.52 bits per heavy atom. The van der Waals surface area contributed by atoms with Gasteiger partial charge in [0.05, 0.1) is 6.61 Å². The highest BCUT2D eigenvalue weighted by atomic mass is 32.2. The maximum atomic E-state index is 12.6. The number of carbonyl (C=O) groups excluding carboxylic acids is 2. The van der Waals surface area contributed by atoms with Crippen LogP contribution in [0.1, 0.15) is 155 Å². The highest BCUT2D eigenvalue weighted by Gasteiger charge is 2.46. The molecule has 1 saturated heterocycles. The molecule has 0 aromatic heterocycles. The van der Waals surface area contributed by atoms with Gasteiger partial charge in [-0.05, 0) is 12.8 Å². The predicted molar refractivity (Wildman–Crippen MR) is 183 cm³/mol. The number of unbranched alkanes of at least 4 members (excludes halogenated alkanes) is 18. The van der Waals surface area contributed by atoms with Gasteiger partial charge >= 0.3 is 11.9 Å². The van der Waals surface area contributed by atoms with Crippen LogP contribution in [0.25, 0.3) is 0 Å². The van der Waals surface area contributed by atoms with Gasteiger partial charge in [-0.1, -0.05) is 129 Å². The molecule has 0 bridgehead atoms. The summed E-state index contributed by atoms with van der Waals surface area (Å²) < 4.78 is 53.6. The quantitative estimate of drug-likeness (QED) is 0.0401. The van der Waals surface area contributed by atoms with E-state index in [2.05, 4.69) is 13.8 Å². The van der Waals surface area contributed by atoms with E-state index < -0.39 is 71.2 Å². The van der Waals surface area contributed by atoms with Crippen LogP contribution >= 0.6 is 0 Å². The first-order valence-corrected chi connectivity index (χ1v) is 20.2. The standard InChI is InChI=1S/C35H66O12S/c1-3-5-7-9-11-12-13-14-15-16-18-19-21-23-30(36)44-25-28(46-31(37)24-22-20-17-10-8-6-4-2)26-45-35-34(40)33(39)32(38)29(47-35)27-48(41,42)43/h28-29,32-35,38-40H,3-27H2,1-2H3,(H,41,42,43)/t28-,29+,32+,33?,34?,35-/m1/s1. The van der Waals surface area contributed by atoms with Crippen LogP contribution in [0.15, 0.2) is 0 Å². The fraction of sp³-hybridized carbons (Fsp3) is 0.943. The lowest BCUT2D eigenvalue weighted by Gasteiger charge is -2.40. The average Bonchev–Trinajstić information content (AvgIpc) is 3.04. The molecule has 0 aromatic rings. The molecule has 1 rings (SSSR count). The molecule has 12 nitrogen and oxygen atoms in total. The first-order chi connectivity index (χ1) is 23.0. The van der Waals surface area contributed by atoms with Crippen LogP contribution in [0.5, 0.6) is 0 Å². The molecule has 0 radical (unpaired) electrons. The number of rotatable bonds is 30. The number of aliphatic hydroxyl groups is 3. The largest absolute Gasteiger partial charge is 0.462 e. The molecular formula is C35H66O12S. The van der Waals surface area contributed by atoms with E-state index in [0.29, 0.717) is 12.8 Å². The Hall–Kier alpha value is -1.35. The van der Waals surface area contributed by atoms with Gasteiger partial charge in [-0.3, -0.25) is 14.1 Å². The van der Waals surface area contributed by atoms with Crippen molar-refractivity contribution in [2.24, 2.45) is 0 Å². The molecule has 0 amide bonds. The normalized spacial score (nSPS) is 22.0. The van der Waals surface area contributed by atoms with Crippen LogP contribution < -0.4 is 0 Å². The van der Waals surface area contributed by atoms with E-state index in [1.165, 1.54) is 64.2 Å². The molecule has 1 aliphatic rings. The van der Waals surface area contributed by atoms with Gasteiger partial charge in [-0.15, -0.1) is 0 Å². The number of ether oxygens (including phenoxy) is 4. The van der Waals surface area contributed by atoms with Gasteiger partial charge in [0.25, 0.3) is 10.1 Å². The minimum atomic E-state index is -4.59. The van der Waals surface area contributed by atoms with E-state index in [9.17, 15) is 33.3 Å². The SMILES string of the molecule is CCCCCCCCCCCCCCCC(=O)OC[C@H](CO[C@@H]1O[C@@H](CS(=O)(=O)O)[C@H](O)C(O)C1O)OC(=O)CCCCCCCCC. The second-order valence-electron chi connectivity index (χ2n) is 13.3. The van der Waals surface area contributed by atoms with E-state index in [1.807, 2.05) is 0 Å². The Morgan fingerprint density at radius 1 is 0.625 bits per heavy atom. The molecule has 0 saturated carbocycles. The van der Waals surface area contributed by atoms with Gasteiger partial charge in [0, 0.05) is 12.8 Å². The molecule has 2 unspecified atom stereocenters. The lowest BCUT2D eigenvalue weighted by Crippen LogP contribution is -2.60. The Balaban J connectivity index is 2.50. The van der Waals surface area contributed by atoms with Crippen LogP contribution in [-0.4, -0.2) is 96.0 Å². The Morgan fingerprint density at radius 2 is 1.06 bits per heavy atom. The molecule has 6 atom stereocenters. The topological polar surface area (TPSA) is 186 Å². The van der Waals surface area contributed by atoms with Crippen molar-refractivity contribution in [1.29, 1.82) is 0 Å². The first-order valence-electron chi connectivity index (χ1n) is 18.6. The zero-order valence-electron chi connectivity index (χ0n) is 29.6. The highest BCUT2D eigenvalue weighted by Crippen LogP contribution is 2.24. The fourth-order valence-corrected chi connectivity index (χ4v) is 6.43. The smallest absolute Gasteiger partial charge is 0.306 e. The number of esters is 2. The number of hydrogen-bond acceptors (Lipinski definition) is 11. The maximum Gasteiger partial charge on any atom is 0.306 e. The van der Waals surface area contributed by atoms with Crippen LogP contribution in [0, 0.1) is 0 Å². The molecule has 1 fully saturated rings. The Kier molecular flexibility index (Phi) is 25.5. The zero-order chi connectivity index (χ0) is 35.6. The van der Waals surface area contributed by atoms with Gasteiger partial charge in [0.1, 0.15) is 36.8 Å². The van der Waals surface area contributed by atoms with Gasteiger partial charge in [0.2, 0.25) is 0 Å². The second-order valence-corrected chi connectivity index (χ2v) is 14.8. The third-order valence-electron chi connectivity index (χ3n) is 8.69. The molecular weight excluding hydrogens is 644 g/mol. The first kappa shape index (κ1) is 44.7. The van der Waals surface area contributed by atoms with E-state index in [-0.39, 0.29) is 19.4 Å². The minimum absolute atomic E-state index is 0.168.